The second-order valence-electron chi connectivity index (χ2n) is 2.97. The summed E-state index contributed by atoms with van der Waals surface area (Å²) in [5, 5.41) is 8.98. The van der Waals surface area contributed by atoms with Gasteiger partial charge in [0.1, 0.15) is 0 Å². The van der Waals surface area contributed by atoms with Crippen LogP contribution < -0.4 is 0 Å². The van der Waals surface area contributed by atoms with Crippen LogP contribution in [0.4, 0.5) is 0 Å². The van der Waals surface area contributed by atoms with Gasteiger partial charge in [-0.05, 0) is 29.8 Å². The lowest BCUT2D eigenvalue weighted by Crippen LogP contribution is -2.17. The van der Waals surface area contributed by atoms with E-state index in [1.807, 2.05) is 11.8 Å². The summed E-state index contributed by atoms with van der Waals surface area (Å²) < 4.78 is 0. The maximum Gasteiger partial charge on any atom is 0.0462 e. The topological polar surface area (TPSA) is 20.2 Å². The van der Waals surface area contributed by atoms with Crippen LogP contribution >= 0.6 is 11.8 Å². The van der Waals surface area contributed by atoms with Crippen LogP contribution in [0, 0.1) is 11.8 Å². The Morgan fingerprint density at radius 3 is 2.90 bits per heavy atom. The number of rotatable bonds is 3. The summed E-state index contributed by atoms with van der Waals surface area (Å²) in [5.41, 5.74) is 0. The zero-order chi connectivity index (χ0) is 7.40. The Kier molecular flexibility index (Phi) is 3.57. The molecule has 1 N–H and O–H groups in total. The van der Waals surface area contributed by atoms with E-state index in [0.717, 1.165) is 12.3 Å². The molecule has 0 aromatic rings. The van der Waals surface area contributed by atoms with Crippen molar-refractivity contribution >= 4 is 11.8 Å². The Morgan fingerprint density at radius 1 is 1.70 bits per heavy atom. The number of thioether (sulfide) groups is 1. The SMILES string of the molecule is CCC(CO)C1CCSC1. The van der Waals surface area contributed by atoms with Gasteiger partial charge in [-0.25, -0.2) is 0 Å². The summed E-state index contributed by atoms with van der Waals surface area (Å²) >= 11 is 2.03. The first-order valence-electron chi connectivity index (χ1n) is 4.07. The lowest BCUT2D eigenvalue weighted by Gasteiger charge is -2.17. The van der Waals surface area contributed by atoms with Crippen molar-refractivity contribution in [2.24, 2.45) is 11.8 Å². The Morgan fingerprint density at radius 2 is 2.50 bits per heavy atom. The first kappa shape index (κ1) is 8.41. The largest absolute Gasteiger partial charge is 0.396 e. The van der Waals surface area contributed by atoms with E-state index >= 15 is 0 Å². The summed E-state index contributed by atoms with van der Waals surface area (Å²) in [5.74, 6) is 3.97. The second-order valence-corrected chi connectivity index (χ2v) is 4.12. The van der Waals surface area contributed by atoms with Gasteiger partial charge >= 0.3 is 0 Å². The van der Waals surface area contributed by atoms with Gasteiger partial charge in [0.15, 0.2) is 0 Å². The number of hydrogen-bond donors (Lipinski definition) is 1. The maximum absolute atomic E-state index is 8.98. The van der Waals surface area contributed by atoms with Crippen molar-refractivity contribution in [1.82, 2.24) is 0 Å². The minimum absolute atomic E-state index is 0.391. The van der Waals surface area contributed by atoms with E-state index < -0.39 is 0 Å². The lowest BCUT2D eigenvalue weighted by atomic mass is 9.90. The third kappa shape index (κ3) is 1.89. The fourth-order valence-corrected chi connectivity index (χ4v) is 2.91. The molecule has 0 saturated carbocycles. The first-order valence-corrected chi connectivity index (χ1v) is 5.22. The van der Waals surface area contributed by atoms with Crippen LogP contribution in [0.5, 0.6) is 0 Å². The molecule has 0 aromatic heterocycles. The molecule has 1 aliphatic heterocycles. The van der Waals surface area contributed by atoms with Crippen LogP contribution in [0.1, 0.15) is 19.8 Å². The molecule has 0 aromatic carbocycles. The highest BCUT2D eigenvalue weighted by Crippen LogP contribution is 2.30. The average Bonchev–Trinajstić information content (AvgIpc) is 2.43. The smallest absolute Gasteiger partial charge is 0.0462 e. The van der Waals surface area contributed by atoms with Crippen molar-refractivity contribution in [1.29, 1.82) is 0 Å². The first-order chi connectivity index (χ1) is 4.88. The molecule has 10 heavy (non-hydrogen) atoms. The van der Waals surface area contributed by atoms with Gasteiger partial charge in [-0.2, -0.15) is 11.8 Å². The molecule has 1 heterocycles. The summed E-state index contributed by atoms with van der Waals surface area (Å²) in [7, 11) is 0. The lowest BCUT2D eigenvalue weighted by molar-refractivity contribution is 0.181. The normalized spacial score (nSPS) is 28.8. The van der Waals surface area contributed by atoms with E-state index in [4.69, 9.17) is 5.11 Å². The zero-order valence-corrected chi connectivity index (χ0v) is 7.36. The predicted molar refractivity (Wildman–Crippen MR) is 46.3 cm³/mol. The van der Waals surface area contributed by atoms with Crippen LogP contribution in [0.25, 0.3) is 0 Å². The van der Waals surface area contributed by atoms with Crippen LogP contribution in [0.3, 0.4) is 0 Å². The van der Waals surface area contributed by atoms with Crippen molar-refractivity contribution in [2.75, 3.05) is 18.1 Å². The molecule has 2 heteroatoms. The van der Waals surface area contributed by atoms with Gasteiger partial charge in [-0.15, -0.1) is 0 Å². The Hall–Kier alpha value is 0.310. The highest BCUT2D eigenvalue weighted by molar-refractivity contribution is 7.99. The molecule has 1 rings (SSSR count). The molecule has 0 amide bonds. The standard InChI is InChI=1S/C8H16OS/c1-2-7(5-9)8-3-4-10-6-8/h7-9H,2-6H2,1H3. The third-order valence-corrected chi connectivity index (χ3v) is 3.58. The Bertz CT molecular complexity index is 85.3. The minimum atomic E-state index is 0.391. The Balaban J connectivity index is 2.29. The molecule has 1 fully saturated rings. The molecule has 2 unspecified atom stereocenters. The predicted octanol–water partition coefficient (Wildman–Crippen LogP) is 1.76. The molecular formula is C8H16OS. The summed E-state index contributed by atoms with van der Waals surface area (Å²) in [4.78, 5) is 0. The van der Waals surface area contributed by atoms with Crippen molar-refractivity contribution in [3.05, 3.63) is 0 Å². The van der Waals surface area contributed by atoms with Crippen molar-refractivity contribution in [3.8, 4) is 0 Å². The van der Waals surface area contributed by atoms with E-state index in [1.54, 1.807) is 0 Å². The molecule has 60 valence electrons. The zero-order valence-electron chi connectivity index (χ0n) is 6.55. The van der Waals surface area contributed by atoms with Gasteiger partial charge in [0, 0.05) is 6.61 Å². The molecule has 0 bridgehead atoms. The van der Waals surface area contributed by atoms with Crippen LogP contribution in [0.15, 0.2) is 0 Å². The number of hydrogen-bond acceptors (Lipinski definition) is 2. The highest BCUT2D eigenvalue weighted by atomic mass is 32.2. The van der Waals surface area contributed by atoms with E-state index in [-0.39, 0.29) is 0 Å². The van der Waals surface area contributed by atoms with Crippen molar-refractivity contribution in [3.63, 3.8) is 0 Å². The summed E-state index contributed by atoms with van der Waals surface area (Å²) in [6.07, 6.45) is 2.46. The Labute approximate surface area is 67.2 Å². The molecule has 0 radical (unpaired) electrons. The van der Waals surface area contributed by atoms with E-state index in [0.29, 0.717) is 12.5 Å². The molecule has 1 aliphatic rings. The van der Waals surface area contributed by atoms with Crippen molar-refractivity contribution < 1.29 is 5.11 Å². The molecule has 1 saturated heterocycles. The molecule has 1 nitrogen and oxygen atoms in total. The minimum Gasteiger partial charge on any atom is -0.396 e. The third-order valence-electron chi connectivity index (χ3n) is 2.39. The molecule has 0 spiro atoms. The average molecular weight is 160 g/mol. The monoisotopic (exact) mass is 160 g/mol. The fourth-order valence-electron chi connectivity index (χ4n) is 1.54. The van der Waals surface area contributed by atoms with Crippen LogP contribution in [-0.2, 0) is 0 Å². The maximum atomic E-state index is 8.98. The second kappa shape index (κ2) is 4.24. The quantitative estimate of drug-likeness (QED) is 0.679. The van der Waals surface area contributed by atoms with E-state index in [2.05, 4.69) is 6.92 Å². The molecule has 0 aliphatic carbocycles. The number of aliphatic hydroxyl groups is 1. The molecular weight excluding hydrogens is 144 g/mol. The van der Waals surface area contributed by atoms with Gasteiger partial charge in [0.05, 0.1) is 0 Å². The van der Waals surface area contributed by atoms with Gasteiger partial charge in [-0.1, -0.05) is 13.3 Å². The fraction of sp³-hybridized carbons (Fsp3) is 1.00. The van der Waals surface area contributed by atoms with Crippen molar-refractivity contribution in [2.45, 2.75) is 19.8 Å². The van der Waals surface area contributed by atoms with Crippen LogP contribution in [0.2, 0.25) is 0 Å². The molecule has 2 atom stereocenters. The number of aliphatic hydroxyl groups excluding tert-OH is 1. The van der Waals surface area contributed by atoms with Crippen LogP contribution in [-0.4, -0.2) is 23.2 Å². The van der Waals surface area contributed by atoms with E-state index in [9.17, 15) is 0 Å². The van der Waals surface area contributed by atoms with E-state index in [1.165, 1.54) is 17.9 Å². The summed E-state index contributed by atoms with van der Waals surface area (Å²) in [6.45, 7) is 2.56. The highest BCUT2D eigenvalue weighted by Gasteiger charge is 2.22. The van der Waals surface area contributed by atoms with Gasteiger partial charge in [0.2, 0.25) is 0 Å². The van der Waals surface area contributed by atoms with Gasteiger partial charge in [0.25, 0.3) is 0 Å². The van der Waals surface area contributed by atoms with Gasteiger partial charge < -0.3 is 5.11 Å². The van der Waals surface area contributed by atoms with Gasteiger partial charge in [-0.3, -0.25) is 0 Å². The summed E-state index contributed by atoms with van der Waals surface area (Å²) in [6, 6.07) is 0.